The summed E-state index contributed by atoms with van der Waals surface area (Å²) >= 11 is 0. The molecule has 1 N–H and O–H groups in total. The number of hydrogen-bond acceptors (Lipinski definition) is 3. The largest absolute Gasteiger partial charge is 0.331 e. The minimum atomic E-state index is -0.277. The van der Waals surface area contributed by atoms with Gasteiger partial charge in [-0.1, -0.05) is 18.2 Å². The molecule has 148 valence electrons. The summed E-state index contributed by atoms with van der Waals surface area (Å²) in [7, 11) is 3.50. The average molecular weight is 384 g/mol. The van der Waals surface area contributed by atoms with Crippen LogP contribution in [-0.4, -0.2) is 59.4 Å². The lowest BCUT2D eigenvalue weighted by Crippen LogP contribution is -2.41. The summed E-state index contributed by atoms with van der Waals surface area (Å²) in [5.41, 5.74) is 1.81. The van der Waals surface area contributed by atoms with Gasteiger partial charge >= 0.3 is 6.03 Å². The molecule has 2 aromatic rings. The van der Waals surface area contributed by atoms with E-state index in [9.17, 15) is 14.0 Å². The predicted octanol–water partition coefficient (Wildman–Crippen LogP) is 2.30. The van der Waals surface area contributed by atoms with Crippen LogP contribution >= 0.6 is 0 Å². The predicted molar refractivity (Wildman–Crippen MR) is 104 cm³/mol. The fourth-order valence-electron chi connectivity index (χ4n) is 4.64. The van der Waals surface area contributed by atoms with Crippen molar-refractivity contribution in [2.45, 2.75) is 12.6 Å². The van der Waals surface area contributed by atoms with Crippen molar-refractivity contribution in [1.82, 2.24) is 19.7 Å². The maximum absolute atomic E-state index is 13.9. The van der Waals surface area contributed by atoms with Gasteiger partial charge in [0, 0.05) is 58.5 Å². The van der Waals surface area contributed by atoms with Crippen molar-refractivity contribution in [3.63, 3.8) is 0 Å². The number of benzene rings is 1. The van der Waals surface area contributed by atoms with E-state index in [1.807, 2.05) is 17.0 Å². The van der Waals surface area contributed by atoms with E-state index in [2.05, 4.69) is 9.88 Å². The summed E-state index contributed by atoms with van der Waals surface area (Å²) < 4.78 is 13.9. The molecule has 1 aromatic carbocycles. The van der Waals surface area contributed by atoms with E-state index in [0.717, 1.165) is 30.8 Å². The van der Waals surface area contributed by atoms with Crippen LogP contribution in [0.25, 0.3) is 0 Å². The molecule has 0 radical (unpaired) electrons. The quantitative estimate of drug-likeness (QED) is 0.883. The Morgan fingerprint density at radius 1 is 1.21 bits per heavy atom. The van der Waals surface area contributed by atoms with Crippen LogP contribution in [-0.2, 0) is 6.54 Å². The van der Waals surface area contributed by atoms with E-state index in [1.54, 1.807) is 43.4 Å². The van der Waals surface area contributed by atoms with Gasteiger partial charge in [0.25, 0.3) is 0 Å². The minimum absolute atomic E-state index is 0.0316. The van der Waals surface area contributed by atoms with Crippen molar-refractivity contribution in [2.75, 3.05) is 33.7 Å². The van der Waals surface area contributed by atoms with E-state index in [1.165, 1.54) is 6.07 Å². The number of fused-ring (bicyclic) bond motifs is 1. The van der Waals surface area contributed by atoms with Crippen molar-refractivity contribution in [3.05, 3.63) is 69.9 Å². The third kappa shape index (κ3) is 3.54. The molecular weight excluding hydrogens is 359 g/mol. The van der Waals surface area contributed by atoms with Gasteiger partial charge in [0.1, 0.15) is 5.82 Å². The van der Waals surface area contributed by atoms with Gasteiger partial charge in [-0.05, 0) is 29.2 Å². The highest BCUT2D eigenvalue weighted by atomic mass is 19.1. The molecule has 0 aliphatic carbocycles. The van der Waals surface area contributed by atoms with E-state index < -0.39 is 0 Å². The molecule has 0 saturated carbocycles. The second-order valence-corrected chi connectivity index (χ2v) is 8.01. The fourth-order valence-corrected chi connectivity index (χ4v) is 4.64. The summed E-state index contributed by atoms with van der Waals surface area (Å²) in [5, 5.41) is 0. The second kappa shape index (κ2) is 7.39. The summed E-state index contributed by atoms with van der Waals surface area (Å²) in [5.74, 6) is 0.328. The first-order valence-corrected chi connectivity index (χ1v) is 9.56. The van der Waals surface area contributed by atoms with Gasteiger partial charge in [0.2, 0.25) is 5.56 Å². The summed E-state index contributed by atoms with van der Waals surface area (Å²) in [6.07, 6.45) is 1.75. The highest BCUT2D eigenvalue weighted by molar-refractivity contribution is 5.75. The molecule has 3 heterocycles. The first-order chi connectivity index (χ1) is 13.4. The van der Waals surface area contributed by atoms with Crippen molar-refractivity contribution in [1.29, 1.82) is 0 Å². The number of nitrogens with one attached hydrogen (secondary N) is 1. The molecule has 2 amide bonds. The average Bonchev–Trinajstić information content (AvgIpc) is 3.19. The number of carbonyl (C=O) groups excluding carboxylic acids is 1. The van der Waals surface area contributed by atoms with Crippen LogP contribution in [0.15, 0.2) is 47.4 Å². The summed E-state index contributed by atoms with van der Waals surface area (Å²) in [6, 6.07) is 9.84. The number of likely N-dealkylation sites (tertiary alicyclic amines) is 2. The van der Waals surface area contributed by atoms with Gasteiger partial charge in [-0.25, -0.2) is 9.18 Å². The number of aromatic amines is 1. The molecule has 2 fully saturated rings. The van der Waals surface area contributed by atoms with Crippen molar-refractivity contribution < 1.29 is 9.18 Å². The van der Waals surface area contributed by atoms with Crippen LogP contribution in [0.5, 0.6) is 0 Å². The molecule has 6 nitrogen and oxygen atoms in total. The lowest BCUT2D eigenvalue weighted by Gasteiger charge is -2.32. The highest BCUT2D eigenvalue weighted by Crippen LogP contribution is 2.45. The van der Waals surface area contributed by atoms with Gasteiger partial charge < -0.3 is 14.8 Å². The van der Waals surface area contributed by atoms with Gasteiger partial charge in [0.15, 0.2) is 0 Å². The Kier molecular flexibility index (Phi) is 4.93. The maximum atomic E-state index is 13.9. The van der Waals surface area contributed by atoms with Crippen LogP contribution in [0.4, 0.5) is 9.18 Å². The minimum Gasteiger partial charge on any atom is -0.331 e. The molecule has 3 atom stereocenters. The molecule has 2 saturated heterocycles. The molecule has 2 aliphatic rings. The van der Waals surface area contributed by atoms with Gasteiger partial charge in [-0.2, -0.15) is 0 Å². The fraction of sp³-hybridized carbons (Fsp3) is 0.429. The highest BCUT2D eigenvalue weighted by Gasteiger charge is 2.49. The smallest absolute Gasteiger partial charge is 0.320 e. The number of urea groups is 1. The number of halogens is 1. The van der Waals surface area contributed by atoms with E-state index in [-0.39, 0.29) is 29.4 Å². The van der Waals surface area contributed by atoms with Gasteiger partial charge in [0.05, 0.1) is 6.04 Å². The Morgan fingerprint density at radius 3 is 2.71 bits per heavy atom. The summed E-state index contributed by atoms with van der Waals surface area (Å²) in [4.78, 5) is 32.6. The molecule has 28 heavy (non-hydrogen) atoms. The zero-order chi connectivity index (χ0) is 19.8. The first-order valence-electron chi connectivity index (χ1n) is 9.56. The molecule has 0 spiro atoms. The third-order valence-electron chi connectivity index (χ3n) is 5.81. The number of H-pyrrole nitrogens is 1. The standard InChI is InChI=1S/C21H25FN4O2/c1-24(2)21(28)26-12-16-11-25(10-14-6-7-19(27)23-9-14)13-18(16)20(26)15-4-3-5-17(22)8-15/h3-9,16,18,20H,10-13H2,1-2H3,(H,23,27)/t16-,18-,20+/m1/s1. The maximum Gasteiger partial charge on any atom is 0.320 e. The van der Waals surface area contributed by atoms with Crippen LogP contribution in [0, 0.1) is 17.7 Å². The normalized spacial score (nSPS) is 24.4. The molecular formula is C21H25FN4O2. The lowest BCUT2D eigenvalue weighted by molar-refractivity contribution is 0.151. The Bertz CT molecular complexity index is 908. The topological polar surface area (TPSA) is 59.7 Å². The number of amides is 2. The number of aromatic nitrogens is 1. The summed E-state index contributed by atoms with van der Waals surface area (Å²) in [6.45, 7) is 3.14. The Hall–Kier alpha value is -2.67. The van der Waals surface area contributed by atoms with Crippen molar-refractivity contribution in [3.8, 4) is 0 Å². The molecule has 0 unspecified atom stereocenters. The van der Waals surface area contributed by atoms with Crippen molar-refractivity contribution in [2.24, 2.45) is 11.8 Å². The second-order valence-electron chi connectivity index (χ2n) is 8.01. The molecule has 0 bridgehead atoms. The molecule has 2 aliphatic heterocycles. The van der Waals surface area contributed by atoms with Crippen LogP contribution in [0.2, 0.25) is 0 Å². The van der Waals surface area contributed by atoms with Crippen LogP contribution in [0.1, 0.15) is 17.2 Å². The molecule has 4 rings (SSSR count). The zero-order valence-corrected chi connectivity index (χ0v) is 16.1. The zero-order valence-electron chi connectivity index (χ0n) is 16.1. The van der Waals surface area contributed by atoms with E-state index in [0.29, 0.717) is 12.5 Å². The Morgan fingerprint density at radius 2 is 2.04 bits per heavy atom. The number of carbonyl (C=O) groups is 1. The van der Waals surface area contributed by atoms with E-state index in [4.69, 9.17) is 0 Å². The number of rotatable bonds is 3. The first kappa shape index (κ1) is 18.7. The third-order valence-corrected chi connectivity index (χ3v) is 5.81. The van der Waals surface area contributed by atoms with E-state index >= 15 is 0 Å². The lowest BCUT2D eigenvalue weighted by atomic mass is 9.89. The Balaban J connectivity index is 1.57. The SMILES string of the molecule is CN(C)C(=O)N1C[C@H]2CN(Cc3ccc(=O)[nH]c3)C[C@H]2[C@@H]1c1cccc(F)c1. The molecule has 7 heteroatoms. The number of nitrogens with zero attached hydrogens (tertiary/aromatic N) is 3. The monoisotopic (exact) mass is 384 g/mol. The van der Waals surface area contributed by atoms with Crippen LogP contribution < -0.4 is 5.56 Å². The number of hydrogen-bond donors (Lipinski definition) is 1. The molecule has 1 aromatic heterocycles. The van der Waals surface area contributed by atoms with Gasteiger partial charge in [-0.3, -0.25) is 9.69 Å². The Labute approximate surface area is 163 Å². The number of pyridine rings is 1. The van der Waals surface area contributed by atoms with Crippen LogP contribution in [0.3, 0.4) is 0 Å². The van der Waals surface area contributed by atoms with Crippen molar-refractivity contribution >= 4 is 6.03 Å². The van der Waals surface area contributed by atoms with Gasteiger partial charge in [-0.15, -0.1) is 0 Å².